The molecule has 0 amide bonds. The maximum atomic E-state index is 11.0. The lowest BCUT2D eigenvalue weighted by Crippen LogP contribution is -2.03. The molecule has 0 saturated carbocycles. The smallest absolute Gasteiger partial charge is 0.333 e. The van der Waals surface area contributed by atoms with Crippen LogP contribution in [0.5, 0.6) is 0 Å². The number of rotatable bonds is 1. The Kier molecular flexibility index (Phi) is 2.90. The van der Waals surface area contributed by atoms with E-state index >= 15 is 0 Å². The number of carbonyl (C=O) groups excluding carboxylic acids is 1. The molecule has 0 aliphatic heterocycles. The van der Waals surface area contributed by atoms with Crippen molar-refractivity contribution in [3.63, 3.8) is 0 Å². The van der Waals surface area contributed by atoms with Gasteiger partial charge in [-0.25, -0.2) is 4.79 Å². The van der Waals surface area contributed by atoms with Crippen LogP contribution < -0.4 is 0 Å². The third-order valence-corrected chi connectivity index (χ3v) is 1.68. The molecule has 0 saturated heterocycles. The predicted octanol–water partition coefficient (Wildman–Crippen LogP) is 1.83. The number of esters is 1. The van der Waals surface area contributed by atoms with Crippen LogP contribution in [0.2, 0.25) is 0 Å². The van der Waals surface area contributed by atoms with Gasteiger partial charge < -0.3 is 4.74 Å². The lowest BCUT2D eigenvalue weighted by molar-refractivity contribution is -0.136. The van der Waals surface area contributed by atoms with Crippen LogP contribution in [0.25, 0.3) is 0 Å². The lowest BCUT2D eigenvalue weighted by Gasteiger charge is -1.99. The van der Waals surface area contributed by atoms with Crippen LogP contribution in [0.3, 0.4) is 0 Å². The van der Waals surface area contributed by atoms with Gasteiger partial charge in [-0.2, -0.15) is 0 Å². The molecule has 1 aliphatic rings. The van der Waals surface area contributed by atoms with E-state index in [2.05, 4.69) is 10.8 Å². The summed E-state index contributed by atoms with van der Waals surface area (Å²) in [6.07, 6.45) is 8.74. The first-order valence-electron chi connectivity index (χ1n) is 3.77. The summed E-state index contributed by atoms with van der Waals surface area (Å²) in [4.78, 5) is 11.0. The summed E-state index contributed by atoms with van der Waals surface area (Å²) in [6, 6.07) is 0. The van der Waals surface area contributed by atoms with E-state index in [4.69, 9.17) is 0 Å². The van der Waals surface area contributed by atoms with Gasteiger partial charge in [0, 0.05) is 5.57 Å². The molecule has 0 spiro atoms. The van der Waals surface area contributed by atoms with Crippen molar-refractivity contribution in [1.29, 1.82) is 0 Å². The first-order valence-corrected chi connectivity index (χ1v) is 3.77. The van der Waals surface area contributed by atoms with Crippen LogP contribution >= 0.6 is 0 Å². The molecule has 0 aromatic carbocycles. The maximum Gasteiger partial charge on any atom is 0.333 e. The number of ether oxygens (including phenoxy) is 1. The van der Waals surface area contributed by atoms with E-state index in [9.17, 15) is 4.79 Å². The SMILES string of the molecule is COC(=O)C1=CCCC=CC1. The number of carbonyl (C=O) groups is 1. The molecule has 2 heteroatoms. The minimum absolute atomic E-state index is 0.198. The molecule has 0 radical (unpaired) electrons. The molecule has 0 bridgehead atoms. The number of hydrogen-bond donors (Lipinski definition) is 0. The Morgan fingerprint density at radius 1 is 1.45 bits per heavy atom. The van der Waals surface area contributed by atoms with Crippen LogP contribution in [-0.4, -0.2) is 13.1 Å². The molecule has 1 rings (SSSR count). The van der Waals surface area contributed by atoms with Crippen molar-refractivity contribution in [3.8, 4) is 0 Å². The Balaban J connectivity index is 2.62. The number of allylic oxidation sites excluding steroid dienone is 3. The average Bonchev–Trinajstić information content (AvgIpc) is 2.30. The molecule has 0 aromatic rings. The third kappa shape index (κ3) is 2.22. The fourth-order valence-corrected chi connectivity index (χ4v) is 1.06. The normalized spacial score (nSPS) is 17.0. The van der Waals surface area contributed by atoms with Crippen LogP contribution in [-0.2, 0) is 9.53 Å². The lowest BCUT2D eigenvalue weighted by atomic mass is 10.2. The van der Waals surface area contributed by atoms with Crippen LogP contribution in [0, 0.1) is 0 Å². The fraction of sp³-hybridized carbons (Fsp3) is 0.444. The molecule has 0 heterocycles. The van der Waals surface area contributed by atoms with Crippen LogP contribution in [0.1, 0.15) is 19.3 Å². The highest BCUT2D eigenvalue weighted by Crippen LogP contribution is 2.11. The standard InChI is InChI=1S/C9H12O2/c1-11-9(10)8-6-4-2-3-5-7-8/h2,4,7H,3,5-6H2,1H3. The van der Waals surface area contributed by atoms with Gasteiger partial charge in [-0.05, 0) is 19.3 Å². The molecule has 0 fully saturated rings. The molecule has 0 N–H and O–H groups in total. The molecule has 60 valence electrons. The Bertz CT molecular complexity index is 202. The Morgan fingerprint density at radius 2 is 2.27 bits per heavy atom. The highest BCUT2D eigenvalue weighted by molar-refractivity contribution is 5.88. The van der Waals surface area contributed by atoms with E-state index in [1.165, 1.54) is 7.11 Å². The highest BCUT2D eigenvalue weighted by atomic mass is 16.5. The first-order chi connectivity index (χ1) is 5.34. The van der Waals surface area contributed by atoms with Gasteiger partial charge in [0.1, 0.15) is 0 Å². The van der Waals surface area contributed by atoms with E-state index < -0.39 is 0 Å². The Hall–Kier alpha value is -1.05. The zero-order valence-corrected chi connectivity index (χ0v) is 6.67. The summed E-state index contributed by atoms with van der Waals surface area (Å²) in [5.41, 5.74) is 0.779. The summed E-state index contributed by atoms with van der Waals surface area (Å²) in [6.45, 7) is 0. The van der Waals surface area contributed by atoms with Gasteiger partial charge in [0.25, 0.3) is 0 Å². The van der Waals surface area contributed by atoms with E-state index in [0.29, 0.717) is 6.42 Å². The first kappa shape index (κ1) is 8.05. The topological polar surface area (TPSA) is 26.3 Å². The predicted molar refractivity (Wildman–Crippen MR) is 43.1 cm³/mol. The minimum atomic E-state index is -0.198. The molecule has 0 atom stereocenters. The summed E-state index contributed by atoms with van der Waals surface area (Å²) >= 11 is 0. The van der Waals surface area contributed by atoms with E-state index in [1.54, 1.807) is 0 Å². The second-order valence-electron chi connectivity index (χ2n) is 2.47. The Morgan fingerprint density at radius 3 is 3.00 bits per heavy atom. The van der Waals surface area contributed by atoms with Crippen molar-refractivity contribution in [1.82, 2.24) is 0 Å². The molecule has 1 aliphatic carbocycles. The monoisotopic (exact) mass is 152 g/mol. The zero-order valence-electron chi connectivity index (χ0n) is 6.67. The van der Waals surface area contributed by atoms with Crippen molar-refractivity contribution < 1.29 is 9.53 Å². The van der Waals surface area contributed by atoms with Crippen LogP contribution in [0.15, 0.2) is 23.8 Å². The van der Waals surface area contributed by atoms with Gasteiger partial charge in [-0.15, -0.1) is 0 Å². The van der Waals surface area contributed by atoms with Gasteiger partial charge in [-0.1, -0.05) is 18.2 Å². The number of hydrogen-bond acceptors (Lipinski definition) is 2. The van der Waals surface area contributed by atoms with Gasteiger partial charge in [-0.3, -0.25) is 0 Å². The van der Waals surface area contributed by atoms with E-state index in [1.807, 2.05) is 12.2 Å². The molecule has 11 heavy (non-hydrogen) atoms. The highest BCUT2D eigenvalue weighted by Gasteiger charge is 2.07. The summed E-state index contributed by atoms with van der Waals surface area (Å²) < 4.78 is 4.60. The molecule has 0 unspecified atom stereocenters. The molecule has 0 aromatic heterocycles. The van der Waals surface area contributed by atoms with Gasteiger partial charge in [0.05, 0.1) is 7.11 Å². The molecular formula is C9H12O2. The average molecular weight is 152 g/mol. The van der Waals surface area contributed by atoms with Gasteiger partial charge in [0.2, 0.25) is 0 Å². The van der Waals surface area contributed by atoms with Crippen molar-refractivity contribution in [3.05, 3.63) is 23.8 Å². The van der Waals surface area contributed by atoms with Crippen LogP contribution in [0.4, 0.5) is 0 Å². The third-order valence-electron chi connectivity index (χ3n) is 1.68. The largest absolute Gasteiger partial charge is 0.466 e. The van der Waals surface area contributed by atoms with E-state index in [-0.39, 0.29) is 5.97 Å². The Labute approximate surface area is 66.5 Å². The fourth-order valence-electron chi connectivity index (χ4n) is 1.06. The second kappa shape index (κ2) is 3.96. The molecule has 2 nitrogen and oxygen atoms in total. The minimum Gasteiger partial charge on any atom is -0.466 e. The summed E-state index contributed by atoms with van der Waals surface area (Å²) in [7, 11) is 1.41. The summed E-state index contributed by atoms with van der Waals surface area (Å²) in [5, 5.41) is 0. The summed E-state index contributed by atoms with van der Waals surface area (Å²) in [5.74, 6) is -0.198. The quantitative estimate of drug-likeness (QED) is 0.423. The van der Waals surface area contributed by atoms with Crippen molar-refractivity contribution in [2.24, 2.45) is 0 Å². The van der Waals surface area contributed by atoms with Crippen molar-refractivity contribution in [2.75, 3.05) is 7.11 Å². The van der Waals surface area contributed by atoms with Crippen molar-refractivity contribution in [2.45, 2.75) is 19.3 Å². The van der Waals surface area contributed by atoms with Gasteiger partial charge in [0.15, 0.2) is 0 Å². The van der Waals surface area contributed by atoms with Crippen molar-refractivity contribution >= 4 is 5.97 Å². The zero-order chi connectivity index (χ0) is 8.10. The maximum absolute atomic E-state index is 11.0. The molecular weight excluding hydrogens is 140 g/mol. The van der Waals surface area contributed by atoms with Gasteiger partial charge >= 0.3 is 5.97 Å². The van der Waals surface area contributed by atoms with E-state index in [0.717, 1.165) is 18.4 Å². The number of methoxy groups -OCH3 is 1. The second-order valence-corrected chi connectivity index (χ2v) is 2.47.